The van der Waals surface area contributed by atoms with Crippen LogP contribution in [0.15, 0.2) is 29.2 Å². The molecule has 0 aromatic heterocycles. The summed E-state index contributed by atoms with van der Waals surface area (Å²) in [5.74, 6) is 0. The fraction of sp³-hybridized carbons (Fsp3) is 0.455. The summed E-state index contributed by atoms with van der Waals surface area (Å²) in [6.07, 6.45) is 2.12. The number of ether oxygens (including phenoxy) is 1. The van der Waals surface area contributed by atoms with E-state index >= 15 is 0 Å². The van der Waals surface area contributed by atoms with Gasteiger partial charge in [-0.2, -0.15) is 0 Å². The lowest BCUT2D eigenvalue weighted by Gasteiger charge is -2.06. The number of anilines is 1. The molecule has 0 saturated carbocycles. The molecule has 90 valence electrons. The number of rotatable bonds is 6. The van der Waals surface area contributed by atoms with Crippen molar-refractivity contribution in [3.8, 4) is 0 Å². The van der Waals surface area contributed by atoms with Crippen LogP contribution < -0.4 is 5.32 Å². The third-order valence-corrected chi connectivity index (χ3v) is 3.27. The van der Waals surface area contributed by atoms with Crippen molar-refractivity contribution in [1.82, 2.24) is 0 Å². The third kappa shape index (κ3) is 4.20. The van der Waals surface area contributed by atoms with Crippen LogP contribution in [0.2, 0.25) is 0 Å². The Labute approximate surface area is 96.5 Å². The molecule has 0 heterocycles. The second-order valence-electron chi connectivity index (χ2n) is 3.57. The lowest BCUT2D eigenvalue weighted by atomic mass is 10.3. The average Bonchev–Trinajstić information content (AvgIpc) is 2.24. The molecule has 0 atom stereocenters. The number of nitrogens with one attached hydrogen (secondary N) is 1. The van der Waals surface area contributed by atoms with Crippen molar-refractivity contribution in [3.63, 3.8) is 0 Å². The molecule has 0 saturated heterocycles. The lowest BCUT2D eigenvalue weighted by molar-refractivity contribution is 0.198. The molecule has 1 aromatic carbocycles. The number of sulfone groups is 1. The van der Waals surface area contributed by atoms with E-state index in [-0.39, 0.29) is 0 Å². The highest BCUT2D eigenvalue weighted by atomic mass is 32.2. The van der Waals surface area contributed by atoms with E-state index in [2.05, 4.69) is 5.32 Å². The van der Waals surface area contributed by atoms with E-state index in [1.165, 1.54) is 6.26 Å². The molecule has 4 nitrogen and oxygen atoms in total. The van der Waals surface area contributed by atoms with E-state index in [1.807, 2.05) is 0 Å². The van der Waals surface area contributed by atoms with E-state index in [1.54, 1.807) is 31.4 Å². The Balaban J connectivity index is 2.52. The van der Waals surface area contributed by atoms with Crippen molar-refractivity contribution in [2.24, 2.45) is 0 Å². The topological polar surface area (TPSA) is 55.4 Å². The maximum Gasteiger partial charge on any atom is 0.175 e. The van der Waals surface area contributed by atoms with E-state index < -0.39 is 9.84 Å². The van der Waals surface area contributed by atoms with Gasteiger partial charge in [-0.1, -0.05) is 0 Å². The normalized spacial score (nSPS) is 11.4. The molecule has 5 heteroatoms. The fourth-order valence-electron chi connectivity index (χ4n) is 1.27. The third-order valence-electron chi connectivity index (χ3n) is 2.14. The Morgan fingerprint density at radius 3 is 2.38 bits per heavy atom. The molecule has 0 aliphatic rings. The summed E-state index contributed by atoms with van der Waals surface area (Å²) >= 11 is 0. The Morgan fingerprint density at radius 1 is 1.25 bits per heavy atom. The van der Waals surface area contributed by atoms with Crippen LogP contribution in [0.1, 0.15) is 6.42 Å². The van der Waals surface area contributed by atoms with Crippen LogP contribution in [-0.2, 0) is 14.6 Å². The van der Waals surface area contributed by atoms with E-state index in [0.29, 0.717) is 11.5 Å². The Bertz CT molecular complexity index is 411. The molecule has 16 heavy (non-hydrogen) atoms. The van der Waals surface area contributed by atoms with Crippen LogP contribution in [0, 0.1) is 0 Å². The van der Waals surface area contributed by atoms with Gasteiger partial charge in [0.25, 0.3) is 0 Å². The number of hydrogen-bond acceptors (Lipinski definition) is 4. The first-order valence-corrected chi connectivity index (χ1v) is 6.96. The molecular formula is C11H17NO3S. The minimum atomic E-state index is -3.10. The molecule has 0 aliphatic heterocycles. The predicted octanol–water partition coefficient (Wildman–Crippen LogP) is 1.54. The van der Waals surface area contributed by atoms with Crippen molar-refractivity contribution < 1.29 is 13.2 Å². The maximum absolute atomic E-state index is 11.2. The highest BCUT2D eigenvalue weighted by Crippen LogP contribution is 2.13. The van der Waals surface area contributed by atoms with Gasteiger partial charge >= 0.3 is 0 Å². The first-order chi connectivity index (χ1) is 7.54. The second-order valence-corrected chi connectivity index (χ2v) is 5.59. The summed E-state index contributed by atoms with van der Waals surface area (Å²) in [5, 5.41) is 3.18. The molecule has 0 unspecified atom stereocenters. The Morgan fingerprint density at radius 2 is 1.88 bits per heavy atom. The fourth-order valence-corrected chi connectivity index (χ4v) is 1.90. The number of methoxy groups -OCH3 is 1. The lowest BCUT2D eigenvalue weighted by Crippen LogP contribution is -2.05. The Hall–Kier alpha value is -1.07. The standard InChI is InChI=1S/C11H17NO3S/c1-15-9-3-8-12-10-4-6-11(7-5-10)16(2,13)14/h4-7,12H,3,8-9H2,1-2H3. The van der Waals surface area contributed by atoms with E-state index in [4.69, 9.17) is 4.74 Å². The summed E-state index contributed by atoms with van der Waals surface area (Å²) in [5.41, 5.74) is 0.920. The van der Waals surface area contributed by atoms with Crippen LogP contribution in [0.4, 0.5) is 5.69 Å². The van der Waals surface area contributed by atoms with Crippen molar-refractivity contribution in [1.29, 1.82) is 0 Å². The van der Waals surface area contributed by atoms with Gasteiger partial charge in [-0.25, -0.2) is 8.42 Å². The first-order valence-electron chi connectivity index (χ1n) is 5.07. The van der Waals surface area contributed by atoms with Crippen LogP contribution in [0.25, 0.3) is 0 Å². The molecular weight excluding hydrogens is 226 g/mol. The van der Waals surface area contributed by atoms with Gasteiger partial charge in [0.1, 0.15) is 0 Å². The molecule has 0 amide bonds. The highest BCUT2D eigenvalue weighted by molar-refractivity contribution is 7.90. The Kier molecular flexibility index (Phi) is 4.76. The van der Waals surface area contributed by atoms with Gasteiger partial charge in [-0.05, 0) is 30.7 Å². The van der Waals surface area contributed by atoms with Gasteiger partial charge in [0.15, 0.2) is 9.84 Å². The van der Waals surface area contributed by atoms with Crippen molar-refractivity contribution >= 4 is 15.5 Å². The largest absolute Gasteiger partial charge is 0.385 e. The summed E-state index contributed by atoms with van der Waals surface area (Å²) in [6.45, 7) is 1.53. The molecule has 0 aliphatic carbocycles. The zero-order chi connectivity index (χ0) is 12.0. The van der Waals surface area contributed by atoms with Gasteiger partial charge in [-0.3, -0.25) is 0 Å². The number of benzene rings is 1. The van der Waals surface area contributed by atoms with Gasteiger partial charge in [0, 0.05) is 32.2 Å². The molecule has 1 rings (SSSR count). The molecule has 0 fully saturated rings. The monoisotopic (exact) mass is 243 g/mol. The van der Waals surface area contributed by atoms with Crippen molar-refractivity contribution in [2.75, 3.05) is 31.8 Å². The highest BCUT2D eigenvalue weighted by Gasteiger charge is 2.05. The van der Waals surface area contributed by atoms with Gasteiger partial charge in [0.2, 0.25) is 0 Å². The van der Waals surface area contributed by atoms with Crippen LogP contribution >= 0.6 is 0 Å². The maximum atomic E-state index is 11.2. The van der Waals surface area contributed by atoms with Gasteiger partial charge < -0.3 is 10.1 Å². The first kappa shape index (κ1) is 13.0. The molecule has 0 radical (unpaired) electrons. The second kappa shape index (κ2) is 5.86. The van der Waals surface area contributed by atoms with Crippen molar-refractivity contribution in [3.05, 3.63) is 24.3 Å². The minimum absolute atomic E-state index is 0.343. The van der Waals surface area contributed by atoms with Gasteiger partial charge in [-0.15, -0.1) is 0 Å². The summed E-state index contributed by atoms with van der Waals surface area (Å²) < 4.78 is 27.3. The summed E-state index contributed by atoms with van der Waals surface area (Å²) in [4.78, 5) is 0.343. The van der Waals surface area contributed by atoms with E-state index in [9.17, 15) is 8.42 Å². The van der Waals surface area contributed by atoms with Crippen LogP contribution in [-0.4, -0.2) is 34.9 Å². The summed E-state index contributed by atoms with van der Waals surface area (Å²) in [6, 6.07) is 6.74. The molecule has 1 N–H and O–H groups in total. The van der Waals surface area contributed by atoms with E-state index in [0.717, 1.165) is 18.7 Å². The van der Waals surface area contributed by atoms with Crippen molar-refractivity contribution in [2.45, 2.75) is 11.3 Å². The average molecular weight is 243 g/mol. The zero-order valence-electron chi connectivity index (χ0n) is 9.56. The van der Waals surface area contributed by atoms with Crippen LogP contribution in [0.5, 0.6) is 0 Å². The zero-order valence-corrected chi connectivity index (χ0v) is 10.4. The number of hydrogen-bond donors (Lipinski definition) is 1. The smallest absolute Gasteiger partial charge is 0.175 e. The molecule has 0 bridgehead atoms. The SMILES string of the molecule is COCCCNc1ccc(S(C)(=O)=O)cc1. The predicted molar refractivity (Wildman–Crippen MR) is 64.5 cm³/mol. The summed E-state index contributed by atoms with van der Waals surface area (Å²) in [7, 11) is -1.43. The van der Waals surface area contributed by atoms with Crippen LogP contribution in [0.3, 0.4) is 0 Å². The quantitative estimate of drug-likeness (QED) is 0.770. The molecule has 0 spiro atoms. The molecule has 1 aromatic rings. The minimum Gasteiger partial charge on any atom is -0.385 e. The van der Waals surface area contributed by atoms with Gasteiger partial charge in [0.05, 0.1) is 4.90 Å².